The molecule has 2 unspecified atom stereocenters. The van der Waals surface area contributed by atoms with Crippen molar-refractivity contribution < 1.29 is 0 Å². The van der Waals surface area contributed by atoms with E-state index in [1.165, 1.54) is 18.5 Å². The third-order valence-corrected chi connectivity index (χ3v) is 4.77. The number of hydrogen-bond acceptors (Lipinski definition) is 3. The van der Waals surface area contributed by atoms with Crippen LogP contribution < -0.4 is 5.32 Å². The van der Waals surface area contributed by atoms with Crippen LogP contribution in [0.2, 0.25) is 5.02 Å². The Morgan fingerprint density at radius 1 is 1.30 bits per heavy atom. The number of benzene rings is 1. The quantitative estimate of drug-likeness (QED) is 0.924. The maximum atomic E-state index is 6.30. The van der Waals surface area contributed by atoms with Crippen LogP contribution >= 0.6 is 11.6 Å². The highest BCUT2D eigenvalue weighted by molar-refractivity contribution is 6.31. The average Bonchev–Trinajstić information content (AvgIpc) is 2.57. The smallest absolute Gasteiger partial charge is 0.0488 e. The van der Waals surface area contributed by atoms with Gasteiger partial charge in [-0.2, -0.15) is 0 Å². The van der Waals surface area contributed by atoms with Crippen LogP contribution in [-0.2, 0) is 0 Å². The molecule has 1 aromatic carbocycles. The van der Waals surface area contributed by atoms with Crippen LogP contribution in [0.1, 0.15) is 23.6 Å². The first-order valence-electron chi connectivity index (χ1n) is 7.35. The van der Waals surface area contributed by atoms with E-state index in [4.69, 9.17) is 11.6 Å². The summed E-state index contributed by atoms with van der Waals surface area (Å²) in [5.41, 5.74) is 2.41. The van der Waals surface area contributed by atoms with Crippen molar-refractivity contribution in [2.24, 2.45) is 0 Å². The van der Waals surface area contributed by atoms with E-state index in [2.05, 4.69) is 47.4 Å². The number of nitrogens with one attached hydrogen (secondary N) is 1. The molecule has 1 heterocycles. The van der Waals surface area contributed by atoms with Crippen molar-refractivity contribution in [3.63, 3.8) is 0 Å². The zero-order chi connectivity index (χ0) is 14.7. The van der Waals surface area contributed by atoms with E-state index < -0.39 is 0 Å². The zero-order valence-electron chi connectivity index (χ0n) is 13.0. The molecular formula is C16H26ClN3. The predicted octanol–water partition coefficient (Wildman–Crippen LogP) is 2.54. The lowest BCUT2D eigenvalue weighted by Gasteiger charge is -2.34. The average molecular weight is 296 g/mol. The number of halogens is 1. The molecule has 4 heteroatoms. The van der Waals surface area contributed by atoms with Crippen LogP contribution in [0.3, 0.4) is 0 Å². The van der Waals surface area contributed by atoms with Crippen LogP contribution in [0.4, 0.5) is 0 Å². The lowest BCUT2D eigenvalue weighted by atomic mass is 9.97. The lowest BCUT2D eigenvalue weighted by molar-refractivity contribution is 0.182. The fourth-order valence-electron chi connectivity index (χ4n) is 3.05. The Labute approximate surface area is 127 Å². The Morgan fingerprint density at radius 3 is 2.70 bits per heavy atom. The van der Waals surface area contributed by atoms with Gasteiger partial charge >= 0.3 is 0 Å². The molecule has 1 aliphatic heterocycles. The Bertz CT molecular complexity index is 449. The van der Waals surface area contributed by atoms with Gasteiger partial charge in [-0.1, -0.05) is 23.7 Å². The van der Waals surface area contributed by atoms with Crippen LogP contribution in [-0.4, -0.2) is 56.6 Å². The molecule has 0 spiro atoms. The summed E-state index contributed by atoms with van der Waals surface area (Å²) in [5.74, 6) is 0. The van der Waals surface area contributed by atoms with E-state index in [9.17, 15) is 0 Å². The van der Waals surface area contributed by atoms with Crippen molar-refractivity contribution in [2.75, 3.05) is 40.8 Å². The van der Waals surface area contributed by atoms with Gasteiger partial charge in [0.25, 0.3) is 0 Å². The third-order valence-electron chi connectivity index (χ3n) is 4.37. The van der Waals surface area contributed by atoms with Gasteiger partial charge in [-0.25, -0.2) is 0 Å². The summed E-state index contributed by atoms with van der Waals surface area (Å²) in [4.78, 5) is 4.90. The Kier molecular flexibility index (Phi) is 5.44. The Hall–Kier alpha value is -0.610. The van der Waals surface area contributed by atoms with Gasteiger partial charge in [-0.05, 0) is 64.8 Å². The van der Waals surface area contributed by atoms with Crippen LogP contribution in [0.5, 0.6) is 0 Å². The summed E-state index contributed by atoms with van der Waals surface area (Å²) in [7, 11) is 6.47. The van der Waals surface area contributed by atoms with Crippen molar-refractivity contribution in [3.05, 3.63) is 34.3 Å². The van der Waals surface area contributed by atoms with Gasteiger partial charge < -0.3 is 15.1 Å². The summed E-state index contributed by atoms with van der Waals surface area (Å²) in [6.07, 6.45) is 1.23. The molecule has 0 radical (unpaired) electrons. The molecule has 0 saturated carbocycles. The van der Waals surface area contributed by atoms with Crippen LogP contribution in [0.25, 0.3) is 0 Å². The van der Waals surface area contributed by atoms with Gasteiger partial charge in [-0.3, -0.25) is 0 Å². The zero-order valence-corrected chi connectivity index (χ0v) is 13.7. The molecule has 1 N–H and O–H groups in total. The maximum absolute atomic E-state index is 6.30. The minimum absolute atomic E-state index is 0.304. The van der Waals surface area contributed by atoms with Gasteiger partial charge in [0.1, 0.15) is 0 Å². The van der Waals surface area contributed by atoms with Gasteiger partial charge in [0.15, 0.2) is 0 Å². The Morgan fingerprint density at radius 2 is 2.05 bits per heavy atom. The fraction of sp³-hybridized carbons (Fsp3) is 0.625. The second kappa shape index (κ2) is 6.90. The number of rotatable bonds is 3. The second-order valence-corrected chi connectivity index (χ2v) is 6.35. The molecule has 2 rings (SSSR count). The third kappa shape index (κ3) is 3.53. The summed E-state index contributed by atoms with van der Waals surface area (Å²) >= 11 is 6.30. The largest absolute Gasteiger partial charge is 0.312 e. The molecule has 112 valence electrons. The minimum atomic E-state index is 0.304. The normalized spacial score (nSPS) is 23.6. The SMILES string of the molecule is CNC(c1ccc(C)c(Cl)c1)C1CN(C)CCCN1C. The van der Waals surface area contributed by atoms with E-state index in [0.717, 1.165) is 23.7 Å². The van der Waals surface area contributed by atoms with Crippen LogP contribution in [0, 0.1) is 6.92 Å². The monoisotopic (exact) mass is 295 g/mol. The first-order valence-corrected chi connectivity index (χ1v) is 7.73. The Balaban J connectivity index is 2.27. The van der Waals surface area contributed by atoms with E-state index in [1.807, 2.05) is 14.0 Å². The highest BCUT2D eigenvalue weighted by atomic mass is 35.5. The molecule has 1 aliphatic rings. The van der Waals surface area contributed by atoms with Crippen molar-refractivity contribution in [2.45, 2.75) is 25.4 Å². The highest BCUT2D eigenvalue weighted by Crippen LogP contribution is 2.26. The van der Waals surface area contributed by atoms with Crippen molar-refractivity contribution >= 4 is 11.6 Å². The molecule has 0 amide bonds. The molecule has 20 heavy (non-hydrogen) atoms. The number of aryl methyl sites for hydroxylation is 1. The van der Waals surface area contributed by atoms with E-state index >= 15 is 0 Å². The van der Waals surface area contributed by atoms with Gasteiger partial charge in [0.2, 0.25) is 0 Å². The molecular weight excluding hydrogens is 270 g/mol. The predicted molar refractivity (Wildman–Crippen MR) is 86.5 cm³/mol. The van der Waals surface area contributed by atoms with Crippen molar-refractivity contribution in [1.29, 1.82) is 0 Å². The number of hydrogen-bond donors (Lipinski definition) is 1. The van der Waals surface area contributed by atoms with Crippen LogP contribution in [0.15, 0.2) is 18.2 Å². The topological polar surface area (TPSA) is 18.5 Å². The lowest BCUT2D eigenvalue weighted by Crippen LogP contribution is -2.46. The molecule has 1 saturated heterocycles. The minimum Gasteiger partial charge on any atom is -0.312 e. The summed E-state index contributed by atoms with van der Waals surface area (Å²) in [5, 5.41) is 4.34. The van der Waals surface area contributed by atoms with Crippen molar-refractivity contribution in [1.82, 2.24) is 15.1 Å². The summed E-state index contributed by atoms with van der Waals surface area (Å²) in [6, 6.07) is 7.19. The van der Waals surface area contributed by atoms with E-state index in [-0.39, 0.29) is 0 Å². The summed E-state index contributed by atoms with van der Waals surface area (Å²) < 4.78 is 0. The maximum Gasteiger partial charge on any atom is 0.0488 e. The molecule has 0 aliphatic carbocycles. The number of likely N-dealkylation sites (N-methyl/N-ethyl adjacent to an activating group) is 3. The summed E-state index contributed by atoms with van der Waals surface area (Å²) in [6.45, 7) is 5.44. The van der Waals surface area contributed by atoms with Gasteiger partial charge in [0.05, 0.1) is 0 Å². The molecule has 2 atom stereocenters. The second-order valence-electron chi connectivity index (χ2n) is 5.94. The molecule has 3 nitrogen and oxygen atoms in total. The number of nitrogens with zero attached hydrogens (tertiary/aromatic N) is 2. The molecule has 0 bridgehead atoms. The van der Waals surface area contributed by atoms with Crippen molar-refractivity contribution in [3.8, 4) is 0 Å². The highest BCUT2D eigenvalue weighted by Gasteiger charge is 2.28. The first-order chi connectivity index (χ1) is 9.52. The first kappa shape index (κ1) is 15.8. The van der Waals surface area contributed by atoms with Gasteiger partial charge in [-0.15, -0.1) is 0 Å². The molecule has 0 aromatic heterocycles. The molecule has 1 aromatic rings. The molecule has 1 fully saturated rings. The van der Waals surface area contributed by atoms with Gasteiger partial charge in [0, 0.05) is 23.7 Å². The fourth-order valence-corrected chi connectivity index (χ4v) is 3.24. The standard InChI is InChI=1S/C16H26ClN3/c1-12-6-7-13(10-14(12)17)16(18-2)15-11-19(3)8-5-9-20(15)4/h6-7,10,15-16,18H,5,8-9,11H2,1-4H3. The van der Waals surface area contributed by atoms with E-state index in [1.54, 1.807) is 0 Å². The van der Waals surface area contributed by atoms with E-state index in [0.29, 0.717) is 12.1 Å².